The highest BCUT2D eigenvalue weighted by Gasteiger charge is 2.43. The Kier molecular flexibility index (Phi) is 3.32. The zero-order chi connectivity index (χ0) is 10.8. The highest BCUT2D eigenvalue weighted by molar-refractivity contribution is 5.75. The van der Waals surface area contributed by atoms with Crippen LogP contribution in [0.15, 0.2) is 12.7 Å². The number of hydrogen-bond acceptors (Lipinski definition) is 2. The van der Waals surface area contributed by atoms with Crippen molar-refractivity contribution in [2.75, 3.05) is 13.1 Å². The zero-order valence-electron chi connectivity index (χ0n) is 8.99. The molecule has 1 saturated heterocycles. The average Bonchev–Trinajstić information content (AvgIpc) is 2.62. The number of rotatable bonds is 4. The largest absolute Gasteiger partial charge is 0.481 e. The summed E-state index contributed by atoms with van der Waals surface area (Å²) < 4.78 is 0. The predicted molar refractivity (Wildman–Crippen MR) is 56.2 cm³/mol. The van der Waals surface area contributed by atoms with E-state index >= 15 is 0 Å². The first kappa shape index (κ1) is 11.2. The van der Waals surface area contributed by atoms with Crippen LogP contribution in [0.1, 0.15) is 26.7 Å². The second kappa shape index (κ2) is 4.13. The Morgan fingerprint density at radius 3 is 2.79 bits per heavy atom. The summed E-state index contributed by atoms with van der Waals surface area (Å²) >= 11 is 0. The van der Waals surface area contributed by atoms with Gasteiger partial charge in [-0.3, -0.25) is 9.69 Å². The molecule has 0 aromatic heterocycles. The van der Waals surface area contributed by atoms with E-state index in [1.807, 2.05) is 13.0 Å². The van der Waals surface area contributed by atoms with Gasteiger partial charge in [0.1, 0.15) is 0 Å². The van der Waals surface area contributed by atoms with Crippen LogP contribution in [0.4, 0.5) is 0 Å². The van der Waals surface area contributed by atoms with Gasteiger partial charge in [0.15, 0.2) is 0 Å². The van der Waals surface area contributed by atoms with Crippen LogP contribution in [0.25, 0.3) is 0 Å². The lowest BCUT2D eigenvalue weighted by Crippen LogP contribution is -2.36. The van der Waals surface area contributed by atoms with Crippen molar-refractivity contribution in [3.8, 4) is 0 Å². The smallest absolute Gasteiger partial charge is 0.310 e. The molecule has 0 amide bonds. The molecule has 80 valence electrons. The quantitative estimate of drug-likeness (QED) is 0.698. The standard InChI is InChI=1S/C11H19NO2/c1-4-9(3)12-7-6-11(5-2,8-12)10(13)14/h4,9H,1,5-8H2,2-3H3,(H,13,14). The summed E-state index contributed by atoms with van der Waals surface area (Å²) in [5.74, 6) is -0.654. The van der Waals surface area contributed by atoms with Crippen molar-refractivity contribution < 1.29 is 9.90 Å². The maximum absolute atomic E-state index is 11.2. The van der Waals surface area contributed by atoms with Gasteiger partial charge in [-0.15, -0.1) is 6.58 Å². The Hall–Kier alpha value is -0.830. The van der Waals surface area contributed by atoms with Gasteiger partial charge >= 0.3 is 5.97 Å². The van der Waals surface area contributed by atoms with Crippen LogP contribution in [0.5, 0.6) is 0 Å². The minimum absolute atomic E-state index is 0.280. The summed E-state index contributed by atoms with van der Waals surface area (Å²) in [6.07, 6.45) is 3.34. The molecule has 0 aromatic rings. The van der Waals surface area contributed by atoms with Gasteiger partial charge in [-0.05, 0) is 26.3 Å². The molecule has 3 nitrogen and oxygen atoms in total. The van der Waals surface area contributed by atoms with Gasteiger partial charge in [0.2, 0.25) is 0 Å². The lowest BCUT2D eigenvalue weighted by atomic mass is 9.84. The molecule has 0 spiro atoms. The normalized spacial score (nSPS) is 30.1. The molecule has 0 saturated carbocycles. The Morgan fingerprint density at radius 1 is 1.79 bits per heavy atom. The first-order chi connectivity index (χ1) is 6.55. The van der Waals surface area contributed by atoms with E-state index in [1.54, 1.807) is 0 Å². The lowest BCUT2D eigenvalue weighted by molar-refractivity contribution is -0.148. The molecule has 1 N–H and O–H groups in total. The molecular formula is C11H19NO2. The van der Waals surface area contributed by atoms with Crippen LogP contribution in [-0.2, 0) is 4.79 Å². The number of hydrogen-bond donors (Lipinski definition) is 1. The molecule has 3 heteroatoms. The van der Waals surface area contributed by atoms with Crippen LogP contribution < -0.4 is 0 Å². The summed E-state index contributed by atoms with van der Waals surface area (Å²) in [7, 11) is 0. The van der Waals surface area contributed by atoms with Crippen molar-refractivity contribution in [1.82, 2.24) is 4.90 Å². The van der Waals surface area contributed by atoms with E-state index in [2.05, 4.69) is 18.4 Å². The van der Waals surface area contributed by atoms with Gasteiger partial charge in [-0.2, -0.15) is 0 Å². The lowest BCUT2D eigenvalue weighted by Gasteiger charge is -2.25. The van der Waals surface area contributed by atoms with E-state index in [0.717, 1.165) is 13.0 Å². The number of carbonyl (C=O) groups is 1. The van der Waals surface area contributed by atoms with E-state index in [9.17, 15) is 9.90 Å². The zero-order valence-corrected chi connectivity index (χ0v) is 8.99. The van der Waals surface area contributed by atoms with Gasteiger partial charge in [0.25, 0.3) is 0 Å². The van der Waals surface area contributed by atoms with Crippen LogP contribution in [0.3, 0.4) is 0 Å². The molecule has 0 radical (unpaired) electrons. The molecule has 0 aliphatic carbocycles. The molecule has 1 heterocycles. The third-order valence-corrected chi connectivity index (χ3v) is 3.43. The van der Waals surface area contributed by atoms with E-state index in [0.29, 0.717) is 13.0 Å². The van der Waals surface area contributed by atoms with Crippen LogP contribution in [0, 0.1) is 5.41 Å². The topological polar surface area (TPSA) is 40.5 Å². The highest BCUT2D eigenvalue weighted by atomic mass is 16.4. The van der Waals surface area contributed by atoms with E-state index in [4.69, 9.17) is 0 Å². The highest BCUT2D eigenvalue weighted by Crippen LogP contribution is 2.35. The van der Waals surface area contributed by atoms with Gasteiger partial charge in [-0.1, -0.05) is 13.0 Å². The molecule has 2 atom stereocenters. The fraction of sp³-hybridized carbons (Fsp3) is 0.727. The van der Waals surface area contributed by atoms with Crippen LogP contribution in [-0.4, -0.2) is 35.1 Å². The molecule has 1 rings (SSSR count). The number of nitrogens with zero attached hydrogens (tertiary/aromatic N) is 1. The Balaban J connectivity index is 2.70. The van der Waals surface area contributed by atoms with Gasteiger partial charge in [0.05, 0.1) is 5.41 Å². The first-order valence-corrected chi connectivity index (χ1v) is 5.16. The second-order valence-electron chi connectivity index (χ2n) is 4.14. The molecule has 0 aromatic carbocycles. The van der Waals surface area contributed by atoms with E-state index in [1.165, 1.54) is 0 Å². The van der Waals surface area contributed by atoms with Crippen molar-refractivity contribution in [2.24, 2.45) is 5.41 Å². The summed E-state index contributed by atoms with van der Waals surface area (Å²) in [4.78, 5) is 13.3. The molecule has 1 aliphatic rings. The molecular weight excluding hydrogens is 178 g/mol. The number of aliphatic carboxylic acids is 1. The fourth-order valence-corrected chi connectivity index (χ4v) is 2.02. The van der Waals surface area contributed by atoms with Crippen LogP contribution >= 0.6 is 0 Å². The fourth-order valence-electron chi connectivity index (χ4n) is 2.02. The Bertz CT molecular complexity index is 239. The third kappa shape index (κ3) is 1.82. The van der Waals surface area contributed by atoms with Crippen molar-refractivity contribution in [3.05, 3.63) is 12.7 Å². The van der Waals surface area contributed by atoms with E-state index < -0.39 is 11.4 Å². The van der Waals surface area contributed by atoms with Crippen molar-refractivity contribution in [1.29, 1.82) is 0 Å². The summed E-state index contributed by atoms with van der Waals surface area (Å²) in [6, 6.07) is 0.280. The van der Waals surface area contributed by atoms with Crippen molar-refractivity contribution in [3.63, 3.8) is 0 Å². The number of carboxylic acids is 1. The molecule has 14 heavy (non-hydrogen) atoms. The predicted octanol–water partition coefficient (Wildman–Crippen LogP) is 1.75. The monoisotopic (exact) mass is 197 g/mol. The van der Waals surface area contributed by atoms with Gasteiger partial charge in [-0.25, -0.2) is 0 Å². The van der Waals surface area contributed by atoms with Crippen molar-refractivity contribution in [2.45, 2.75) is 32.7 Å². The first-order valence-electron chi connectivity index (χ1n) is 5.16. The minimum Gasteiger partial charge on any atom is -0.481 e. The summed E-state index contributed by atoms with van der Waals surface area (Å²) in [6.45, 7) is 9.27. The summed E-state index contributed by atoms with van der Waals surface area (Å²) in [5.41, 5.74) is -0.517. The Morgan fingerprint density at radius 2 is 2.43 bits per heavy atom. The minimum atomic E-state index is -0.654. The molecule has 0 bridgehead atoms. The number of carboxylic acid groups (broad SMARTS) is 1. The molecule has 2 unspecified atom stereocenters. The molecule has 1 fully saturated rings. The SMILES string of the molecule is C=CC(C)N1CCC(CC)(C(=O)O)C1. The van der Waals surface area contributed by atoms with Crippen LogP contribution in [0.2, 0.25) is 0 Å². The second-order valence-corrected chi connectivity index (χ2v) is 4.14. The maximum Gasteiger partial charge on any atom is 0.310 e. The average molecular weight is 197 g/mol. The molecule has 1 aliphatic heterocycles. The maximum atomic E-state index is 11.2. The Labute approximate surface area is 85.4 Å². The van der Waals surface area contributed by atoms with Gasteiger partial charge < -0.3 is 5.11 Å². The summed E-state index contributed by atoms with van der Waals surface area (Å²) in [5, 5.41) is 9.18. The van der Waals surface area contributed by atoms with Gasteiger partial charge in [0, 0.05) is 12.6 Å². The third-order valence-electron chi connectivity index (χ3n) is 3.43. The van der Waals surface area contributed by atoms with Crippen molar-refractivity contribution >= 4 is 5.97 Å². The van der Waals surface area contributed by atoms with E-state index in [-0.39, 0.29) is 6.04 Å². The number of likely N-dealkylation sites (tertiary alicyclic amines) is 1.